The number of allylic oxidation sites excluding steroid dienone is 1. The number of amides is 1. The second kappa shape index (κ2) is 15.7. The lowest BCUT2D eigenvalue weighted by atomic mass is 9.91. The number of nitrogens with one attached hydrogen (secondary N) is 1. The summed E-state index contributed by atoms with van der Waals surface area (Å²) in [6.07, 6.45) is 16.6. The number of fused-ring (bicyclic) bond motifs is 1. The van der Waals surface area contributed by atoms with Crippen LogP contribution in [-0.2, 0) is 11.2 Å². The Hall–Kier alpha value is -2.23. The molecule has 0 spiro atoms. The molecule has 35 heavy (non-hydrogen) atoms. The Bertz CT molecular complexity index is 911. The van der Waals surface area contributed by atoms with Gasteiger partial charge in [-0.15, -0.1) is 0 Å². The molecule has 0 saturated carbocycles. The van der Waals surface area contributed by atoms with Crippen LogP contribution in [0.5, 0.6) is 5.75 Å². The minimum Gasteiger partial charge on any atom is -0.508 e. The van der Waals surface area contributed by atoms with Gasteiger partial charge in [-0.2, -0.15) is 0 Å². The first kappa shape index (κ1) is 29.0. The molecule has 2 unspecified atom stereocenters. The summed E-state index contributed by atoms with van der Waals surface area (Å²) in [5, 5.41) is 13.6. The fourth-order valence-electron chi connectivity index (χ4n) is 4.75. The van der Waals surface area contributed by atoms with Gasteiger partial charge in [0.2, 0.25) is 5.91 Å². The van der Waals surface area contributed by atoms with Crippen LogP contribution in [0.25, 0.3) is 11.0 Å². The van der Waals surface area contributed by atoms with Crippen molar-refractivity contribution in [2.45, 2.75) is 105 Å². The maximum Gasteiger partial charge on any atom is 0.223 e. The highest BCUT2D eigenvalue weighted by Gasteiger charge is 2.09. The van der Waals surface area contributed by atoms with Gasteiger partial charge in [-0.1, -0.05) is 84.3 Å². The highest BCUT2D eigenvalue weighted by atomic mass is 16.3. The van der Waals surface area contributed by atoms with E-state index in [0.29, 0.717) is 19.4 Å². The van der Waals surface area contributed by atoms with Crippen LogP contribution in [0.1, 0.15) is 104 Å². The van der Waals surface area contributed by atoms with Gasteiger partial charge in [0.25, 0.3) is 0 Å². The van der Waals surface area contributed by atoms with Crippen LogP contribution >= 0.6 is 0 Å². The first-order valence-electron chi connectivity index (χ1n) is 13.9. The molecule has 0 radical (unpaired) electrons. The predicted molar refractivity (Wildman–Crippen MR) is 148 cm³/mol. The highest BCUT2D eigenvalue weighted by Crippen LogP contribution is 2.25. The monoisotopic (exact) mass is 483 g/mol. The Morgan fingerprint density at radius 3 is 2.34 bits per heavy atom. The first-order chi connectivity index (χ1) is 16.7. The molecule has 1 aromatic carbocycles. The van der Waals surface area contributed by atoms with Gasteiger partial charge < -0.3 is 14.8 Å². The van der Waals surface area contributed by atoms with Gasteiger partial charge in [-0.3, -0.25) is 4.79 Å². The normalized spacial score (nSPS) is 13.9. The Kier molecular flexibility index (Phi) is 13.0. The summed E-state index contributed by atoms with van der Waals surface area (Å²) in [7, 11) is 0. The van der Waals surface area contributed by atoms with Crippen molar-refractivity contribution in [2.75, 3.05) is 6.54 Å². The lowest BCUT2D eigenvalue weighted by molar-refractivity contribution is -0.120. The van der Waals surface area contributed by atoms with Gasteiger partial charge in [0.15, 0.2) is 0 Å². The van der Waals surface area contributed by atoms with Crippen molar-refractivity contribution in [3.8, 4) is 5.75 Å². The van der Waals surface area contributed by atoms with Crippen molar-refractivity contribution < 1.29 is 14.3 Å². The van der Waals surface area contributed by atoms with Gasteiger partial charge in [0.05, 0.1) is 6.26 Å². The molecule has 2 rings (SSSR count). The molecular weight excluding hydrogens is 434 g/mol. The van der Waals surface area contributed by atoms with Gasteiger partial charge in [0.1, 0.15) is 11.3 Å². The van der Waals surface area contributed by atoms with E-state index in [1.165, 1.54) is 56.9 Å². The topological polar surface area (TPSA) is 62.5 Å². The van der Waals surface area contributed by atoms with Gasteiger partial charge in [0, 0.05) is 23.9 Å². The molecule has 0 saturated heterocycles. The molecule has 2 N–H and O–H groups in total. The molecule has 4 nitrogen and oxygen atoms in total. The second-order valence-corrected chi connectivity index (χ2v) is 11.2. The van der Waals surface area contributed by atoms with Crippen LogP contribution in [-0.4, -0.2) is 17.6 Å². The van der Waals surface area contributed by atoms with Crippen LogP contribution in [0.3, 0.4) is 0 Å². The number of phenolic OH excluding ortho intramolecular Hbond substituents is 1. The number of hydrogen-bond acceptors (Lipinski definition) is 3. The quantitative estimate of drug-likeness (QED) is 0.221. The third-order valence-corrected chi connectivity index (χ3v) is 7.13. The SMILES string of the molecule is CC(=CCC(=O)NCCc1coc2ccc(O)cc12)CCCC(C)CCCC(C)CCCC(C)C. The smallest absolute Gasteiger partial charge is 0.223 e. The highest BCUT2D eigenvalue weighted by molar-refractivity contribution is 5.82. The predicted octanol–water partition coefficient (Wildman–Crippen LogP) is 8.57. The standard InChI is InChI=1S/C31H49NO3/c1-23(2)9-6-10-24(3)11-7-12-25(4)13-8-14-26(5)15-18-31(34)32-20-19-27-22-35-30-17-16-28(33)21-29(27)30/h15-17,21-25,33H,6-14,18-20H2,1-5H3,(H,32,34). The largest absolute Gasteiger partial charge is 0.508 e. The first-order valence-corrected chi connectivity index (χ1v) is 13.9. The van der Waals surface area contributed by atoms with Crippen LogP contribution in [0, 0.1) is 17.8 Å². The van der Waals surface area contributed by atoms with E-state index in [4.69, 9.17) is 4.42 Å². The van der Waals surface area contributed by atoms with Crippen molar-refractivity contribution in [2.24, 2.45) is 17.8 Å². The van der Waals surface area contributed by atoms with Gasteiger partial charge in [-0.25, -0.2) is 0 Å². The molecule has 0 aliphatic carbocycles. The molecule has 0 bridgehead atoms. The minimum absolute atomic E-state index is 0.0517. The van der Waals surface area contributed by atoms with Crippen LogP contribution in [0.2, 0.25) is 0 Å². The van der Waals surface area contributed by atoms with E-state index in [2.05, 4.69) is 46.0 Å². The molecule has 1 heterocycles. The Labute approximate surface area is 213 Å². The lowest BCUT2D eigenvalue weighted by Crippen LogP contribution is -2.24. The number of benzene rings is 1. The number of furan rings is 1. The molecule has 2 atom stereocenters. The summed E-state index contributed by atoms with van der Waals surface area (Å²) < 4.78 is 5.51. The van der Waals surface area contributed by atoms with E-state index < -0.39 is 0 Å². The van der Waals surface area contributed by atoms with E-state index in [1.54, 1.807) is 24.5 Å². The fourth-order valence-corrected chi connectivity index (χ4v) is 4.75. The zero-order chi connectivity index (χ0) is 25.6. The second-order valence-electron chi connectivity index (χ2n) is 11.2. The molecule has 4 heteroatoms. The van der Waals surface area contributed by atoms with E-state index in [9.17, 15) is 9.90 Å². The summed E-state index contributed by atoms with van der Waals surface area (Å²) >= 11 is 0. The summed E-state index contributed by atoms with van der Waals surface area (Å²) in [5.41, 5.74) is 3.06. The van der Waals surface area contributed by atoms with Crippen LogP contribution in [0.15, 0.2) is 40.5 Å². The Morgan fingerprint density at radius 2 is 1.66 bits per heavy atom. The van der Waals surface area contributed by atoms with Crippen molar-refractivity contribution in [1.29, 1.82) is 0 Å². The van der Waals surface area contributed by atoms with Crippen molar-refractivity contribution in [3.63, 3.8) is 0 Å². The molecule has 196 valence electrons. The molecule has 1 amide bonds. The van der Waals surface area contributed by atoms with Gasteiger partial charge in [-0.05, 0) is 62.1 Å². The molecule has 2 aromatic rings. The van der Waals surface area contributed by atoms with E-state index in [-0.39, 0.29) is 11.7 Å². The maximum atomic E-state index is 12.2. The van der Waals surface area contributed by atoms with Gasteiger partial charge >= 0.3 is 0 Å². The average Bonchev–Trinajstić information content (AvgIpc) is 3.19. The third-order valence-electron chi connectivity index (χ3n) is 7.13. The molecule has 1 aromatic heterocycles. The number of aromatic hydroxyl groups is 1. The number of phenols is 1. The third kappa shape index (κ3) is 11.8. The number of carbonyl (C=O) groups excluding carboxylic acids is 1. The van der Waals surface area contributed by atoms with Crippen molar-refractivity contribution in [3.05, 3.63) is 41.7 Å². The zero-order valence-electron chi connectivity index (χ0n) is 22.9. The average molecular weight is 484 g/mol. The summed E-state index contributed by atoms with van der Waals surface area (Å²) in [4.78, 5) is 12.2. The molecular formula is C31H49NO3. The van der Waals surface area contributed by atoms with E-state index in [1.807, 2.05) is 0 Å². The Morgan fingerprint density at radius 1 is 1.00 bits per heavy atom. The summed E-state index contributed by atoms with van der Waals surface area (Å²) in [6.45, 7) is 12.1. The van der Waals surface area contributed by atoms with E-state index >= 15 is 0 Å². The zero-order valence-corrected chi connectivity index (χ0v) is 22.9. The fraction of sp³-hybridized carbons (Fsp3) is 0.645. The maximum absolute atomic E-state index is 12.2. The minimum atomic E-state index is 0.0517. The molecule has 0 fully saturated rings. The summed E-state index contributed by atoms with van der Waals surface area (Å²) in [6, 6.07) is 5.08. The molecule has 0 aliphatic heterocycles. The van der Waals surface area contributed by atoms with Crippen molar-refractivity contribution >= 4 is 16.9 Å². The van der Waals surface area contributed by atoms with Crippen molar-refractivity contribution in [1.82, 2.24) is 5.32 Å². The number of rotatable bonds is 17. The van der Waals surface area contributed by atoms with Crippen LogP contribution < -0.4 is 5.32 Å². The number of carbonyl (C=O) groups is 1. The van der Waals surface area contributed by atoms with E-state index in [0.717, 1.165) is 40.7 Å². The van der Waals surface area contributed by atoms with Crippen LogP contribution in [0.4, 0.5) is 0 Å². The summed E-state index contributed by atoms with van der Waals surface area (Å²) in [5.74, 6) is 2.76. The Balaban J connectivity index is 1.54. The lowest BCUT2D eigenvalue weighted by Gasteiger charge is -2.15. The molecule has 0 aliphatic rings. The number of hydrogen-bond donors (Lipinski definition) is 2.